The monoisotopic (exact) mass is 493 g/mol. The third-order valence-electron chi connectivity index (χ3n) is 5.41. The molecule has 0 fully saturated rings. The number of aromatic nitrogens is 4. The number of hydrogen-bond donors (Lipinski definition) is 1. The lowest BCUT2D eigenvalue weighted by molar-refractivity contribution is 0.0946. The van der Waals surface area contributed by atoms with Gasteiger partial charge in [-0.25, -0.2) is 19.2 Å². The van der Waals surface area contributed by atoms with E-state index in [2.05, 4.69) is 15.3 Å². The lowest BCUT2D eigenvalue weighted by atomic mass is 10.2. The van der Waals surface area contributed by atoms with Gasteiger partial charge in [-0.15, -0.1) is 0 Å². The van der Waals surface area contributed by atoms with E-state index in [9.17, 15) is 18.8 Å². The maximum absolute atomic E-state index is 13.1. The molecule has 0 bridgehead atoms. The molecule has 10 nitrogen and oxygen atoms in total. The van der Waals surface area contributed by atoms with Gasteiger partial charge in [-0.1, -0.05) is 0 Å². The van der Waals surface area contributed by atoms with E-state index in [1.165, 1.54) is 48.1 Å². The van der Waals surface area contributed by atoms with Crippen molar-refractivity contribution in [2.24, 2.45) is 7.05 Å². The molecule has 0 aliphatic rings. The van der Waals surface area contributed by atoms with Crippen molar-refractivity contribution < 1.29 is 18.7 Å². The Morgan fingerprint density at radius 3 is 2.61 bits per heavy atom. The summed E-state index contributed by atoms with van der Waals surface area (Å²) >= 11 is 0. The Bertz CT molecular complexity index is 1510. The molecule has 0 saturated carbocycles. The molecule has 3 aromatic heterocycles. The third kappa shape index (κ3) is 5.40. The highest BCUT2D eigenvalue weighted by molar-refractivity contribution is 5.95. The molecule has 1 amide bonds. The van der Waals surface area contributed by atoms with Crippen molar-refractivity contribution in [2.75, 3.05) is 13.2 Å². The van der Waals surface area contributed by atoms with Gasteiger partial charge in [0.15, 0.2) is 0 Å². The Morgan fingerprint density at radius 2 is 1.86 bits per heavy atom. The van der Waals surface area contributed by atoms with Gasteiger partial charge < -0.3 is 14.8 Å². The number of hydrogen-bond acceptors (Lipinski definition) is 7. The van der Waals surface area contributed by atoms with Crippen LogP contribution in [0.4, 0.5) is 4.39 Å². The second kappa shape index (κ2) is 10.8. The lowest BCUT2D eigenvalue weighted by Crippen LogP contribution is -2.40. The van der Waals surface area contributed by atoms with Gasteiger partial charge >= 0.3 is 5.69 Å². The summed E-state index contributed by atoms with van der Waals surface area (Å²) < 4.78 is 26.3. The molecule has 0 spiro atoms. The number of fused-ring (bicyclic) bond motifs is 1. The van der Waals surface area contributed by atoms with Crippen molar-refractivity contribution in [1.29, 1.82) is 0 Å². The largest absolute Gasteiger partial charge is 0.492 e. The number of pyridine rings is 2. The summed E-state index contributed by atoms with van der Waals surface area (Å²) in [7, 11) is 1.52. The predicted molar refractivity (Wildman–Crippen MR) is 130 cm³/mol. The molecule has 0 radical (unpaired) electrons. The van der Waals surface area contributed by atoms with Crippen LogP contribution in [0, 0.1) is 5.82 Å². The van der Waals surface area contributed by atoms with E-state index in [0.29, 0.717) is 23.8 Å². The second-order valence-electron chi connectivity index (χ2n) is 7.81. The van der Waals surface area contributed by atoms with E-state index in [0.717, 1.165) is 10.1 Å². The number of nitrogens with one attached hydrogen (secondary N) is 1. The van der Waals surface area contributed by atoms with Crippen LogP contribution in [-0.2, 0) is 20.1 Å². The first-order valence-corrected chi connectivity index (χ1v) is 11.2. The van der Waals surface area contributed by atoms with E-state index in [1.807, 2.05) is 6.92 Å². The molecular weight excluding hydrogens is 469 g/mol. The fraction of sp³-hybridized carbons (Fsp3) is 0.240. The summed E-state index contributed by atoms with van der Waals surface area (Å²) in [6.45, 7) is 2.51. The normalized spacial score (nSPS) is 10.9. The molecule has 4 aromatic rings. The number of rotatable bonds is 9. The van der Waals surface area contributed by atoms with Gasteiger partial charge in [0, 0.05) is 25.9 Å². The van der Waals surface area contributed by atoms with Crippen molar-refractivity contribution in [1.82, 2.24) is 24.4 Å². The molecule has 186 valence electrons. The van der Waals surface area contributed by atoms with E-state index >= 15 is 0 Å². The van der Waals surface area contributed by atoms with Crippen LogP contribution in [0.1, 0.15) is 23.0 Å². The zero-order valence-corrected chi connectivity index (χ0v) is 19.7. The van der Waals surface area contributed by atoms with Crippen molar-refractivity contribution in [2.45, 2.75) is 20.0 Å². The molecule has 11 heteroatoms. The van der Waals surface area contributed by atoms with Crippen LogP contribution >= 0.6 is 0 Å². The average Bonchev–Trinajstić information content (AvgIpc) is 2.89. The number of halogens is 1. The number of ether oxygens (including phenoxy) is 2. The fourth-order valence-corrected chi connectivity index (χ4v) is 3.57. The molecule has 0 atom stereocenters. The zero-order valence-electron chi connectivity index (χ0n) is 19.7. The van der Waals surface area contributed by atoms with Crippen molar-refractivity contribution >= 4 is 16.8 Å². The SMILES string of the molecule is CCOc1cc(CNC(=O)c2cc3c(=O)n(CCOc4ccc(F)cc4)c(=O)n(C)c3cn2)ccn1. The molecule has 0 aliphatic carbocycles. The first kappa shape index (κ1) is 24.6. The van der Waals surface area contributed by atoms with Gasteiger partial charge in [0.2, 0.25) is 5.88 Å². The first-order chi connectivity index (χ1) is 17.4. The van der Waals surface area contributed by atoms with E-state index in [1.54, 1.807) is 18.3 Å². The summed E-state index contributed by atoms with van der Waals surface area (Å²) in [4.78, 5) is 46.8. The number of aryl methyl sites for hydroxylation is 1. The number of nitrogens with zero attached hydrogens (tertiary/aromatic N) is 4. The average molecular weight is 493 g/mol. The number of amides is 1. The van der Waals surface area contributed by atoms with Gasteiger partial charge in [0.25, 0.3) is 11.5 Å². The van der Waals surface area contributed by atoms with Gasteiger partial charge in [0.05, 0.1) is 30.3 Å². The van der Waals surface area contributed by atoms with Gasteiger partial charge in [-0.2, -0.15) is 0 Å². The van der Waals surface area contributed by atoms with Crippen LogP contribution in [0.2, 0.25) is 0 Å². The van der Waals surface area contributed by atoms with Gasteiger partial charge in [-0.3, -0.25) is 18.7 Å². The van der Waals surface area contributed by atoms with Crippen molar-refractivity contribution in [3.8, 4) is 11.6 Å². The minimum atomic E-state index is -0.567. The summed E-state index contributed by atoms with van der Waals surface area (Å²) in [6, 6.07) is 10.2. The molecule has 0 saturated heterocycles. The molecule has 3 heterocycles. The fourth-order valence-electron chi connectivity index (χ4n) is 3.57. The van der Waals surface area contributed by atoms with E-state index < -0.39 is 23.0 Å². The molecule has 0 aliphatic heterocycles. The molecule has 4 rings (SSSR count). The summed E-state index contributed by atoms with van der Waals surface area (Å²) in [5, 5.41) is 2.93. The molecule has 1 N–H and O–H groups in total. The van der Waals surface area contributed by atoms with Crippen LogP contribution in [0.15, 0.2) is 64.4 Å². The van der Waals surface area contributed by atoms with Crippen LogP contribution < -0.4 is 26.0 Å². The van der Waals surface area contributed by atoms with Gasteiger partial charge in [0.1, 0.15) is 23.9 Å². The number of benzene rings is 1. The highest BCUT2D eigenvalue weighted by Gasteiger charge is 2.15. The standard InChI is InChI=1S/C25H24FN5O5/c1-3-35-22-12-16(8-9-27-22)14-29-23(32)20-13-19-21(15-28-20)30(2)25(34)31(24(19)33)10-11-36-18-6-4-17(26)5-7-18/h4-9,12-13,15H,3,10-11,14H2,1-2H3,(H,29,32). The smallest absolute Gasteiger partial charge is 0.331 e. The maximum atomic E-state index is 13.1. The first-order valence-electron chi connectivity index (χ1n) is 11.2. The third-order valence-corrected chi connectivity index (χ3v) is 5.41. The summed E-state index contributed by atoms with van der Waals surface area (Å²) in [6.07, 6.45) is 2.91. The Balaban J connectivity index is 1.53. The van der Waals surface area contributed by atoms with Crippen molar-refractivity contribution in [3.05, 3.63) is 92.8 Å². The van der Waals surface area contributed by atoms with Crippen LogP contribution in [0.25, 0.3) is 10.9 Å². The Kier molecular flexibility index (Phi) is 7.38. The van der Waals surface area contributed by atoms with Crippen LogP contribution in [-0.4, -0.2) is 38.2 Å². The van der Waals surface area contributed by atoms with Crippen molar-refractivity contribution in [3.63, 3.8) is 0 Å². The molecular formula is C25H24FN5O5. The molecule has 0 unspecified atom stereocenters. The maximum Gasteiger partial charge on any atom is 0.331 e. The highest BCUT2D eigenvalue weighted by Crippen LogP contribution is 2.12. The zero-order chi connectivity index (χ0) is 25.7. The Hall–Kier alpha value is -4.54. The summed E-state index contributed by atoms with van der Waals surface area (Å²) in [5.41, 5.74) is 0.00688. The number of carbonyl (C=O) groups excluding carboxylic acids is 1. The second-order valence-corrected chi connectivity index (χ2v) is 7.81. The van der Waals surface area contributed by atoms with Crippen LogP contribution in [0.5, 0.6) is 11.6 Å². The van der Waals surface area contributed by atoms with Gasteiger partial charge in [-0.05, 0) is 48.9 Å². The quantitative estimate of drug-likeness (QED) is 0.379. The number of carbonyl (C=O) groups is 1. The molecule has 36 heavy (non-hydrogen) atoms. The van der Waals surface area contributed by atoms with Crippen LogP contribution in [0.3, 0.4) is 0 Å². The Labute approximate surface area is 205 Å². The van der Waals surface area contributed by atoms with E-state index in [-0.39, 0.29) is 30.8 Å². The lowest BCUT2D eigenvalue weighted by Gasteiger charge is -2.12. The Morgan fingerprint density at radius 1 is 1.08 bits per heavy atom. The van der Waals surface area contributed by atoms with E-state index in [4.69, 9.17) is 9.47 Å². The highest BCUT2D eigenvalue weighted by atomic mass is 19.1. The minimum absolute atomic E-state index is 0.0143. The topological polar surface area (TPSA) is 117 Å². The summed E-state index contributed by atoms with van der Waals surface area (Å²) in [5.74, 6) is -0.0108. The minimum Gasteiger partial charge on any atom is -0.492 e. The predicted octanol–water partition coefficient (Wildman–Crippen LogP) is 2.04. The molecule has 1 aromatic carbocycles.